The van der Waals surface area contributed by atoms with Crippen molar-refractivity contribution in [2.24, 2.45) is 10.7 Å². The Morgan fingerprint density at radius 2 is 1.93 bits per heavy atom. The van der Waals surface area contributed by atoms with Gasteiger partial charge in [0.15, 0.2) is 5.82 Å². The number of amidine groups is 1. The molecule has 0 fully saturated rings. The molecular formula is C19H19Cl2N7. The highest BCUT2D eigenvalue weighted by Crippen LogP contribution is 2.21. The lowest BCUT2D eigenvalue weighted by Crippen LogP contribution is -2.15. The molecule has 0 radical (unpaired) electrons. The van der Waals surface area contributed by atoms with E-state index < -0.39 is 0 Å². The van der Waals surface area contributed by atoms with Gasteiger partial charge in [-0.3, -0.25) is 4.99 Å². The largest absolute Gasteiger partial charge is 0.383 e. The molecule has 0 aliphatic carbocycles. The molecule has 0 spiro atoms. The summed E-state index contributed by atoms with van der Waals surface area (Å²) < 4.78 is 1.68. The zero-order valence-electron chi connectivity index (χ0n) is 15.3. The number of nitrogens with one attached hydrogen (secondary N) is 1. The molecule has 0 saturated carbocycles. The number of aliphatic imine (C=N–C) groups is 1. The number of nitrogens with zero attached hydrogens (tertiary/aromatic N) is 5. The average molecular weight is 416 g/mol. The van der Waals surface area contributed by atoms with E-state index in [0.29, 0.717) is 22.4 Å². The second kappa shape index (κ2) is 8.00. The highest BCUT2D eigenvalue weighted by Gasteiger charge is 2.11. The van der Waals surface area contributed by atoms with Crippen LogP contribution in [0.1, 0.15) is 19.4 Å². The molecule has 0 aliphatic heterocycles. The molecule has 4 rings (SSSR count). The number of aromatic nitrogens is 5. The maximum Gasteiger partial charge on any atom is 0.160 e. The fraction of sp³-hybridized carbons (Fsp3) is 0.158. The van der Waals surface area contributed by atoms with Crippen LogP contribution < -0.4 is 5.73 Å². The lowest BCUT2D eigenvalue weighted by Gasteiger charge is -2.03. The molecule has 0 saturated heterocycles. The highest BCUT2D eigenvalue weighted by molar-refractivity contribution is 6.30. The minimum absolute atomic E-state index is 0. The predicted octanol–water partition coefficient (Wildman–Crippen LogP) is 4.00. The van der Waals surface area contributed by atoms with Crippen LogP contribution in [0.15, 0.2) is 53.7 Å². The molecule has 2 aromatic carbocycles. The van der Waals surface area contributed by atoms with E-state index in [2.05, 4.69) is 25.3 Å². The predicted molar refractivity (Wildman–Crippen MR) is 115 cm³/mol. The normalized spacial score (nSPS) is 11.8. The standard InChI is InChI=1S/C19H18ClN7.ClH/c1-11(2)22-18(21)12-3-8-15-16(9-12)24-19(23-15)17-10-27(26-25-17)14-6-4-13(20)5-7-14;/h3-11H,1-2H3,(H2,21,22)(H,23,24);1H. The monoisotopic (exact) mass is 415 g/mol. The van der Waals surface area contributed by atoms with Gasteiger partial charge in [0.2, 0.25) is 0 Å². The Bertz CT molecular complexity index is 1130. The molecule has 0 atom stereocenters. The SMILES string of the molecule is CC(C)N=C(N)c1ccc2nc(-c3cn(-c4ccc(Cl)cc4)nn3)[nH]c2c1.Cl. The van der Waals surface area contributed by atoms with Crippen LogP contribution in [0.5, 0.6) is 0 Å². The number of imidazole rings is 1. The zero-order chi connectivity index (χ0) is 19.0. The molecule has 144 valence electrons. The number of aromatic amines is 1. The molecular weight excluding hydrogens is 397 g/mol. The first-order valence-electron chi connectivity index (χ1n) is 8.51. The van der Waals surface area contributed by atoms with Crippen molar-refractivity contribution >= 4 is 40.9 Å². The number of rotatable bonds is 4. The van der Waals surface area contributed by atoms with Crippen molar-refractivity contribution in [2.45, 2.75) is 19.9 Å². The summed E-state index contributed by atoms with van der Waals surface area (Å²) in [5.41, 5.74) is 10.1. The van der Waals surface area contributed by atoms with Gasteiger partial charge in [0.1, 0.15) is 11.5 Å². The third-order valence-electron chi connectivity index (χ3n) is 4.00. The molecule has 0 amide bonds. The number of fused-ring (bicyclic) bond motifs is 1. The summed E-state index contributed by atoms with van der Waals surface area (Å²) >= 11 is 5.93. The van der Waals surface area contributed by atoms with Crippen molar-refractivity contribution in [3.8, 4) is 17.2 Å². The number of H-pyrrole nitrogens is 1. The molecule has 2 heterocycles. The Hall–Kier alpha value is -2.90. The number of benzene rings is 2. The van der Waals surface area contributed by atoms with Gasteiger partial charge in [-0.05, 0) is 56.3 Å². The number of hydrogen-bond acceptors (Lipinski definition) is 4. The summed E-state index contributed by atoms with van der Waals surface area (Å²) in [5, 5.41) is 9.05. The van der Waals surface area contributed by atoms with Gasteiger partial charge in [0.25, 0.3) is 0 Å². The summed E-state index contributed by atoms with van der Waals surface area (Å²) in [6.45, 7) is 3.98. The third-order valence-corrected chi connectivity index (χ3v) is 4.25. The van der Waals surface area contributed by atoms with Gasteiger partial charge in [0, 0.05) is 16.6 Å². The van der Waals surface area contributed by atoms with Crippen LogP contribution in [0.4, 0.5) is 0 Å². The van der Waals surface area contributed by atoms with E-state index in [1.54, 1.807) is 4.68 Å². The first-order chi connectivity index (χ1) is 13.0. The first-order valence-corrected chi connectivity index (χ1v) is 8.89. The van der Waals surface area contributed by atoms with Crippen LogP contribution in [0.2, 0.25) is 5.02 Å². The summed E-state index contributed by atoms with van der Waals surface area (Å²) in [6.07, 6.45) is 1.82. The van der Waals surface area contributed by atoms with E-state index >= 15 is 0 Å². The van der Waals surface area contributed by atoms with Crippen LogP contribution in [0.25, 0.3) is 28.2 Å². The lowest BCUT2D eigenvalue weighted by atomic mass is 10.2. The Morgan fingerprint density at radius 3 is 2.64 bits per heavy atom. The number of halogens is 2. The summed E-state index contributed by atoms with van der Waals surface area (Å²) in [5.74, 6) is 1.15. The van der Waals surface area contributed by atoms with Gasteiger partial charge in [0.05, 0.1) is 22.9 Å². The van der Waals surface area contributed by atoms with E-state index in [0.717, 1.165) is 22.3 Å². The van der Waals surface area contributed by atoms with Crippen LogP contribution in [-0.4, -0.2) is 36.8 Å². The van der Waals surface area contributed by atoms with Gasteiger partial charge in [-0.2, -0.15) is 0 Å². The van der Waals surface area contributed by atoms with Crippen molar-refractivity contribution in [1.29, 1.82) is 0 Å². The molecule has 2 aromatic heterocycles. The smallest absolute Gasteiger partial charge is 0.160 e. The van der Waals surface area contributed by atoms with E-state index in [9.17, 15) is 0 Å². The van der Waals surface area contributed by atoms with Crippen molar-refractivity contribution in [1.82, 2.24) is 25.0 Å². The van der Waals surface area contributed by atoms with E-state index in [-0.39, 0.29) is 18.4 Å². The Kier molecular flexibility index (Phi) is 5.67. The second-order valence-electron chi connectivity index (χ2n) is 6.45. The zero-order valence-corrected chi connectivity index (χ0v) is 16.9. The van der Waals surface area contributed by atoms with Crippen LogP contribution in [0.3, 0.4) is 0 Å². The molecule has 4 aromatic rings. The maximum absolute atomic E-state index is 6.06. The topological polar surface area (TPSA) is 97.8 Å². The van der Waals surface area contributed by atoms with E-state index in [1.807, 2.05) is 62.5 Å². The van der Waals surface area contributed by atoms with Crippen molar-refractivity contribution < 1.29 is 0 Å². The Labute approximate surface area is 173 Å². The van der Waals surface area contributed by atoms with Gasteiger partial charge in [-0.25, -0.2) is 9.67 Å². The molecule has 28 heavy (non-hydrogen) atoms. The van der Waals surface area contributed by atoms with Crippen molar-refractivity contribution in [3.63, 3.8) is 0 Å². The third kappa shape index (κ3) is 4.00. The molecule has 7 nitrogen and oxygen atoms in total. The molecule has 0 bridgehead atoms. The summed E-state index contributed by atoms with van der Waals surface area (Å²) in [4.78, 5) is 12.3. The summed E-state index contributed by atoms with van der Waals surface area (Å²) in [6, 6.07) is 13.3. The van der Waals surface area contributed by atoms with Gasteiger partial charge < -0.3 is 10.7 Å². The van der Waals surface area contributed by atoms with Crippen LogP contribution >= 0.6 is 24.0 Å². The molecule has 3 N–H and O–H groups in total. The lowest BCUT2D eigenvalue weighted by molar-refractivity contribution is 0.803. The van der Waals surface area contributed by atoms with Crippen molar-refractivity contribution in [2.75, 3.05) is 0 Å². The summed E-state index contributed by atoms with van der Waals surface area (Å²) in [7, 11) is 0. The maximum atomic E-state index is 6.06. The minimum atomic E-state index is 0. The van der Waals surface area contributed by atoms with Crippen LogP contribution in [-0.2, 0) is 0 Å². The van der Waals surface area contributed by atoms with E-state index in [1.165, 1.54) is 0 Å². The quantitative estimate of drug-likeness (QED) is 0.388. The first kappa shape index (κ1) is 19.9. The van der Waals surface area contributed by atoms with E-state index in [4.69, 9.17) is 17.3 Å². The second-order valence-corrected chi connectivity index (χ2v) is 6.89. The average Bonchev–Trinajstić information content (AvgIpc) is 3.28. The molecule has 9 heteroatoms. The fourth-order valence-electron chi connectivity index (χ4n) is 2.74. The van der Waals surface area contributed by atoms with Gasteiger partial charge in [-0.1, -0.05) is 16.8 Å². The van der Waals surface area contributed by atoms with Gasteiger partial charge >= 0.3 is 0 Å². The fourth-order valence-corrected chi connectivity index (χ4v) is 2.86. The highest BCUT2D eigenvalue weighted by atomic mass is 35.5. The van der Waals surface area contributed by atoms with Crippen molar-refractivity contribution in [3.05, 3.63) is 59.2 Å². The Balaban J connectivity index is 0.00000225. The molecule has 0 unspecified atom stereocenters. The van der Waals surface area contributed by atoms with Crippen LogP contribution in [0, 0.1) is 0 Å². The number of hydrogen-bond donors (Lipinski definition) is 2. The van der Waals surface area contributed by atoms with Gasteiger partial charge in [-0.15, -0.1) is 17.5 Å². The minimum Gasteiger partial charge on any atom is -0.383 e. The number of nitrogens with two attached hydrogens (primary N) is 1. The molecule has 0 aliphatic rings. The Morgan fingerprint density at radius 1 is 1.18 bits per heavy atom.